The first-order valence-corrected chi connectivity index (χ1v) is 9.94. The number of hydrogen-bond acceptors (Lipinski definition) is 3. The number of carbonyl (C=O) groups is 1. The SMILES string of the molecule is CNS(=O)(=O)c1ccc(CCC(=O)NCC2CC3C=CC2C3)cc1. The topological polar surface area (TPSA) is 75.3 Å². The Morgan fingerprint density at radius 2 is 1.92 bits per heavy atom. The van der Waals surface area contributed by atoms with E-state index in [9.17, 15) is 13.2 Å². The van der Waals surface area contributed by atoms with Crippen LogP contribution in [0.2, 0.25) is 0 Å². The summed E-state index contributed by atoms with van der Waals surface area (Å²) < 4.78 is 25.6. The van der Waals surface area contributed by atoms with Gasteiger partial charge in [-0.15, -0.1) is 0 Å². The Bertz CT molecular complexity index is 725. The minimum Gasteiger partial charge on any atom is -0.356 e. The first kappa shape index (κ1) is 17.2. The highest BCUT2D eigenvalue weighted by molar-refractivity contribution is 7.89. The third-order valence-electron chi connectivity index (χ3n) is 5.12. The van der Waals surface area contributed by atoms with E-state index in [4.69, 9.17) is 0 Å². The molecule has 2 N–H and O–H groups in total. The van der Waals surface area contributed by atoms with Crippen LogP contribution in [0.4, 0.5) is 0 Å². The standard InChI is InChI=1S/C18H24N2O3S/c1-19-24(22,23)17-7-3-13(4-8-17)5-9-18(21)20-12-16-11-14-2-6-15(16)10-14/h2-4,6-8,14-16,19H,5,9-12H2,1H3,(H,20,21). The zero-order valence-electron chi connectivity index (χ0n) is 13.9. The van der Waals surface area contributed by atoms with Crippen molar-refractivity contribution in [1.82, 2.24) is 10.0 Å². The van der Waals surface area contributed by atoms with Gasteiger partial charge in [0.05, 0.1) is 4.90 Å². The molecular formula is C18H24N2O3S. The molecule has 2 aliphatic carbocycles. The third-order valence-corrected chi connectivity index (χ3v) is 6.55. The lowest BCUT2D eigenvalue weighted by molar-refractivity contribution is -0.121. The summed E-state index contributed by atoms with van der Waals surface area (Å²) in [5.74, 6) is 2.03. The van der Waals surface area contributed by atoms with Crippen LogP contribution in [0.1, 0.15) is 24.8 Å². The third kappa shape index (κ3) is 3.87. The summed E-state index contributed by atoms with van der Waals surface area (Å²) in [4.78, 5) is 12.3. The van der Waals surface area contributed by atoms with Crippen LogP contribution >= 0.6 is 0 Å². The summed E-state index contributed by atoms with van der Waals surface area (Å²) in [6.45, 7) is 0.768. The molecule has 0 saturated heterocycles. The van der Waals surface area contributed by atoms with Crippen molar-refractivity contribution >= 4 is 15.9 Å². The fourth-order valence-corrected chi connectivity index (χ4v) is 4.40. The van der Waals surface area contributed by atoms with Crippen LogP contribution in [0.25, 0.3) is 0 Å². The smallest absolute Gasteiger partial charge is 0.240 e. The summed E-state index contributed by atoms with van der Waals surface area (Å²) in [5, 5.41) is 3.05. The van der Waals surface area contributed by atoms with Crippen molar-refractivity contribution in [3.8, 4) is 0 Å². The van der Waals surface area contributed by atoms with Crippen LogP contribution < -0.4 is 10.0 Å². The van der Waals surface area contributed by atoms with Gasteiger partial charge in [-0.2, -0.15) is 0 Å². The van der Waals surface area contributed by atoms with Crippen molar-refractivity contribution < 1.29 is 13.2 Å². The Labute approximate surface area is 143 Å². The Hall–Kier alpha value is -1.66. The predicted molar refractivity (Wildman–Crippen MR) is 92.9 cm³/mol. The van der Waals surface area contributed by atoms with Gasteiger partial charge in [-0.1, -0.05) is 24.3 Å². The maximum atomic E-state index is 12.0. The fraction of sp³-hybridized carbons (Fsp3) is 0.500. The molecule has 1 fully saturated rings. The van der Waals surface area contributed by atoms with E-state index in [2.05, 4.69) is 22.2 Å². The number of allylic oxidation sites excluding steroid dienone is 2. The van der Waals surface area contributed by atoms with Crippen molar-refractivity contribution in [3.63, 3.8) is 0 Å². The zero-order valence-corrected chi connectivity index (χ0v) is 14.7. The molecule has 3 atom stereocenters. The zero-order chi connectivity index (χ0) is 17.2. The number of nitrogens with one attached hydrogen (secondary N) is 2. The van der Waals surface area contributed by atoms with Crippen LogP contribution in [0, 0.1) is 17.8 Å². The van der Waals surface area contributed by atoms with E-state index in [-0.39, 0.29) is 10.8 Å². The molecule has 1 saturated carbocycles. The number of amides is 1. The molecule has 0 aliphatic heterocycles. The number of carbonyl (C=O) groups excluding carboxylic acids is 1. The van der Waals surface area contributed by atoms with Crippen molar-refractivity contribution in [1.29, 1.82) is 0 Å². The van der Waals surface area contributed by atoms with E-state index in [1.807, 2.05) is 0 Å². The van der Waals surface area contributed by atoms with E-state index >= 15 is 0 Å². The first-order valence-electron chi connectivity index (χ1n) is 8.45. The van der Waals surface area contributed by atoms with Crippen LogP contribution in [0.3, 0.4) is 0 Å². The largest absolute Gasteiger partial charge is 0.356 e. The molecule has 6 heteroatoms. The van der Waals surface area contributed by atoms with Crippen molar-refractivity contribution in [2.75, 3.05) is 13.6 Å². The Morgan fingerprint density at radius 3 is 2.50 bits per heavy atom. The summed E-state index contributed by atoms with van der Waals surface area (Å²) in [6, 6.07) is 6.66. The number of aryl methyl sites for hydroxylation is 1. The Kier molecular flexibility index (Phi) is 5.06. The van der Waals surface area contributed by atoms with E-state index in [0.29, 0.717) is 24.7 Å². The highest BCUT2D eigenvalue weighted by Crippen LogP contribution is 2.42. The van der Waals surface area contributed by atoms with Crippen molar-refractivity contribution in [3.05, 3.63) is 42.0 Å². The van der Waals surface area contributed by atoms with Gasteiger partial charge in [-0.3, -0.25) is 4.79 Å². The summed E-state index contributed by atoms with van der Waals surface area (Å²) in [7, 11) is -2.01. The van der Waals surface area contributed by atoms with Gasteiger partial charge >= 0.3 is 0 Å². The fourth-order valence-electron chi connectivity index (χ4n) is 3.67. The van der Waals surface area contributed by atoms with Gasteiger partial charge in [-0.05, 0) is 61.8 Å². The minimum absolute atomic E-state index is 0.0636. The molecule has 0 heterocycles. The van der Waals surface area contributed by atoms with Gasteiger partial charge in [-0.25, -0.2) is 13.1 Å². The molecule has 0 spiro atoms. The van der Waals surface area contributed by atoms with Crippen LogP contribution in [0.5, 0.6) is 0 Å². The molecule has 24 heavy (non-hydrogen) atoms. The molecule has 1 aromatic carbocycles. The van der Waals surface area contributed by atoms with Crippen molar-refractivity contribution in [2.45, 2.75) is 30.6 Å². The first-order chi connectivity index (χ1) is 11.5. The monoisotopic (exact) mass is 348 g/mol. The molecule has 3 unspecified atom stereocenters. The number of hydrogen-bond donors (Lipinski definition) is 2. The number of rotatable bonds is 7. The summed E-state index contributed by atoms with van der Waals surface area (Å²) >= 11 is 0. The maximum absolute atomic E-state index is 12.0. The van der Waals surface area contributed by atoms with Crippen molar-refractivity contribution in [2.24, 2.45) is 17.8 Å². The quantitative estimate of drug-likeness (QED) is 0.739. The number of benzene rings is 1. The summed E-state index contributed by atoms with van der Waals surface area (Å²) in [5.41, 5.74) is 0.961. The molecule has 130 valence electrons. The Morgan fingerprint density at radius 1 is 1.17 bits per heavy atom. The van der Waals surface area contributed by atoms with Gasteiger partial charge in [0.15, 0.2) is 0 Å². The van der Waals surface area contributed by atoms with E-state index < -0.39 is 10.0 Å². The molecule has 2 aliphatic rings. The highest BCUT2D eigenvalue weighted by atomic mass is 32.2. The van der Waals surface area contributed by atoms with Crippen LogP contribution in [0.15, 0.2) is 41.3 Å². The molecule has 3 rings (SSSR count). The highest BCUT2D eigenvalue weighted by Gasteiger charge is 2.35. The normalized spacial score (nSPS) is 25.1. The molecule has 2 bridgehead atoms. The van der Waals surface area contributed by atoms with Crippen LogP contribution in [-0.2, 0) is 21.2 Å². The molecule has 1 aromatic rings. The van der Waals surface area contributed by atoms with Gasteiger partial charge in [0.2, 0.25) is 15.9 Å². The Balaban J connectivity index is 1.44. The van der Waals surface area contributed by atoms with Gasteiger partial charge < -0.3 is 5.32 Å². The second kappa shape index (κ2) is 7.07. The van der Waals surface area contributed by atoms with E-state index in [1.165, 1.54) is 19.9 Å². The lowest BCUT2D eigenvalue weighted by Crippen LogP contribution is -2.31. The number of fused-ring (bicyclic) bond motifs is 2. The average molecular weight is 348 g/mol. The minimum atomic E-state index is -3.40. The lowest BCUT2D eigenvalue weighted by Gasteiger charge is -2.18. The molecule has 0 aromatic heterocycles. The molecule has 0 radical (unpaired) electrons. The second-order valence-corrected chi connectivity index (χ2v) is 8.58. The lowest BCUT2D eigenvalue weighted by atomic mass is 9.93. The molecule has 5 nitrogen and oxygen atoms in total. The van der Waals surface area contributed by atoms with Crippen LogP contribution in [-0.4, -0.2) is 27.9 Å². The van der Waals surface area contributed by atoms with Gasteiger partial charge in [0, 0.05) is 13.0 Å². The maximum Gasteiger partial charge on any atom is 0.240 e. The van der Waals surface area contributed by atoms with Gasteiger partial charge in [0.25, 0.3) is 0 Å². The second-order valence-electron chi connectivity index (χ2n) is 6.70. The van der Waals surface area contributed by atoms with E-state index in [0.717, 1.165) is 18.0 Å². The predicted octanol–water partition coefficient (Wildman–Crippen LogP) is 1.86. The molecular weight excluding hydrogens is 324 g/mol. The van der Waals surface area contributed by atoms with E-state index in [1.54, 1.807) is 24.3 Å². The number of sulfonamides is 1. The van der Waals surface area contributed by atoms with Gasteiger partial charge in [0.1, 0.15) is 0 Å². The summed E-state index contributed by atoms with van der Waals surface area (Å²) in [6.07, 6.45) is 8.09. The average Bonchev–Trinajstić information content (AvgIpc) is 3.21. The molecule has 1 amide bonds.